The van der Waals surface area contributed by atoms with Crippen LogP contribution in [0.4, 0.5) is 0 Å². The second-order valence-electron chi connectivity index (χ2n) is 6.75. The molecular formula is C24H20N2O3. The number of rotatable bonds is 6. The first-order chi connectivity index (χ1) is 14.1. The minimum absolute atomic E-state index is 0.0268. The molecule has 0 aliphatic rings. The molecular weight excluding hydrogens is 364 g/mol. The maximum atomic E-state index is 12.0. The number of hydrogen-bond acceptors (Lipinski definition) is 4. The molecule has 0 spiro atoms. The molecule has 0 saturated carbocycles. The fourth-order valence-corrected chi connectivity index (χ4v) is 3.44. The highest BCUT2D eigenvalue weighted by molar-refractivity contribution is 5.92. The Morgan fingerprint density at radius 2 is 1.45 bits per heavy atom. The Hall–Kier alpha value is -3.86. The number of amides is 1. The monoisotopic (exact) mass is 384 g/mol. The molecule has 5 nitrogen and oxygen atoms in total. The lowest BCUT2D eigenvalue weighted by molar-refractivity contribution is 0.0994. The van der Waals surface area contributed by atoms with E-state index in [1.54, 1.807) is 24.3 Å². The number of carbonyl (C=O) groups excluding carboxylic acids is 1. The SMILES string of the molecule is NC(=O)c1nc(-c2ccccc2O)oc1CC(c1ccccc1)c1ccccc1. The molecule has 0 fully saturated rings. The van der Waals surface area contributed by atoms with Gasteiger partial charge in [-0.1, -0.05) is 72.8 Å². The molecule has 0 radical (unpaired) electrons. The van der Waals surface area contributed by atoms with Crippen LogP contribution in [0.15, 0.2) is 89.3 Å². The number of nitrogens with two attached hydrogens (primary N) is 1. The van der Waals surface area contributed by atoms with Crippen LogP contribution in [0.1, 0.15) is 33.3 Å². The standard InChI is InChI=1S/C24H20N2O3/c25-23(28)22-21(29-24(26-22)18-13-7-8-14-20(18)27)15-19(16-9-3-1-4-10-16)17-11-5-2-6-12-17/h1-14,19,27H,15H2,(H2,25,28). The first kappa shape index (κ1) is 18.5. The number of phenolic OH excluding ortho intramolecular Hbond substituents is 1. The number of aromatic hydroxyl groups is 1. The van der Waals surface area contributed by atoms with Gasteiger partial charge in [-0.05, 0) is 23.3 Å². The molecule has 29 heavy (non-hydrogen) atoms. The first-order valence-electron chi connectivity index (χ1n) is 9.31. The molecule has 1 heterocycles. The van der Waals surface area contributed by atoms with Crippen molar-refractivity contribution < 1.29 is 14.3 Å². The Balaban J connectivity index is 1.78. The molecule has 0 aliphatic carbocycles. The van der Waals surface area contributed by atoms with E-state index in [4.69, 9.17) is 10.2 Å². The lowest BCUT2D eigenvalue weighted by Crippen LogP contribution is -2.15. The van der Waals surface area contributed by atoms with E-state index in [2.05, 4.69) is 4.98 Å². The van der Waals surface area contributed by atoms with Crippen LogP contribution < -0.4 is 5.73 Å². The van der Waals surface area contributed by atoms with Crippen molar-refractivity contribution in [1.29, 1.82) is 0 Å². The molecule has 3 aromatic carbocycles. The van der Waals surface area contributed by atoms with Crippen LogP contribution in [-0.2, 0) is 6.42 Å². The number of primary amides is 1. The summed E-state index contributed by atoms with van der Waals surface area (Å²) in [7, 11) is 0. The van der Waals surface area contributed by atoms with Gasteiger partial charge in [-0.15, -0.1) is 0 Å². The molecule has 0 unspecified atom stereocenters. The van der Waals surface area contributed by atoms with Gasteiger partial charge >= 0.3 is 0 Å². The largest absolute Gasteiger partial charge is 0.507 e. The van der Waals surface area contributed by atoms with Crippen LogP contribution >= 0.6 is 0 Å². The highest BCUT2D eigenvalue weighted by Gasteiger charge is 2.24. The summed E-state index contributed by atoms with van der Waals surface area (Å²) in [5.41, 5.74) is 8.26. The van der Waals surface area contributed by atoms with Crippen molar-refractivity contribution in [2.75, 3.05) is 0 Å². The van der Waals surface area contributed by atoms with Crippen LogP contribution in [0.2, 0.25) is 0 Å². The van der Waals surface area contributed by atoms with Gasteiger partial charge in [0.1, 0.15) is 11.5 Å². The van der Waals surface area contributed by atoms with Crippen molar-refractivity contribution in [2.45, 2.75) is 12.3 Å². The second kappa shape index (κ2) is 8.02. The fraction of sp³-hybridized carbons (Fsp3) is 0.0833. The lowest BCUT2D eigenvalue weighted by atomic mass is 9.87. The maximum Gasteiger partial charge on any atom is 0.270 e. The number of oxazole rings is 1. The molecule has 0 aliphatic heterocycles. The number of aromatic nitrogens is 1. The number of para-hydroxylation sites is 1. The minimum atomic E-state index is -0.662. The van der Waals surface area contributed by atoms with E-state index < -0.39 is 5.91 Å². The van der Waals surface area contributed by atoms with Crippen molar-refractivity contribution >= 4 is 5.91 Å². The predicted octanol–water partition coefficient (Wildman–Crippen LogP) is 4.52. The Morgan fingerprint density at radius 3 is 2.00 bits per heavy atom. The maximum absolute atomic E-state index is 12.0. The molecule has 4 rings (SSSR count). The van der Waals surface area contributed by atoms with Gasteiger partial charge in [0.15, 0.2) is 5.69 Å². The van der Waals surface area contributed by atoms with Crippen molar-refractivity contribution in [2.24, 2.45) is 5.73 Å². The normalized spacial score (nSPS) is 10.9. The molecule has 0 saturated heterocycles. The Bertz CT molecular complexity index is 1080. The van der Waals surface area contributed by atoms with Crippen molar-refractivity contribution in [3.63, 3.8) is 0 Å². The third-order valence-corrected chi connectivity index (χ3v) is 4.86. The summed E-state index contributed by atoms with van der Waals surface area (Å²) in [6.45, 7) is 0. The summed E-state index contributed by atoms with van der Waals surface area (Å²) in [5, 5.41) is 10.1. The van der Waals surface area contributed by atoms with Gasteiger partial charge in [-0.2, -0.15) is 0 Å². The summed E-state index contributed by atoms with van der Waals surface area (Å²) < 4.78 is 5.94. The number of benzene rings is 3. The summed E-state index contributed by atoms with van der Waals surface area (Å²) in [5.74, 6) is -0.106. The summed E-state index contributed by atoms with van der Waals surface area (Å²) >= 11 is 0. The predicted molar refractivity (Wildman–Crippen MR) is 111 cm³/mol. The van der Waals surface area contributed by atoms with E-state index in [9.17, 15) is 9.90 Å². The highest BCUT2D eigenvalue weighted by Crippen LogP contribution is 2.34. The van der Waals surface area contributed by atoms with E-state index in [0.717, 1.165) is 11.1 Å². The number of phenols is 1. The quantitative estimate of drug-likeness (QED) is 0.511. The van der Waals surface area contributed by atoms with Gasteiger partial charge in [0.2, 0.25) is 5.89 Å². The average molecular weight is 384 g/mol. The van der Waals surface area contributed by atoms with E-state index in [1.165, 1.54) is 0 Å². The third kappa shape index (κ3) is 3.89. The second-order valence-corrected chi connectivity index (χ2v) is 6.75. The first-order valence-corrected chi connectivity index (χ1v) is 9.31. The van der Waals surface area contributed by atoms with Gasteiger partial charge < -0.3 is 15.3 Å². The lowest BCUT2D eigenvalue weighted by Gasteiger charge is -2.17. The zero-order chi connectivity index (χ0) is 20.2. The van der Waals surface area contributed by atoms with E-state index >= 15 is 0 Å². The minimum Gasteiger partial charge on any atom is -0.507 e. The Labute approximate surface area is 168 Å². The van der Waals surface area contributed by atoms with Crippen LogP contribution in [-0.4, -0.2) is 16.0 Å². The van der Waals surface area contributed by atoms with Gasteiger partial charge in [0.25, 0.3) is 5.91 Å². The van der Waals surface area contributed by atoms with Crippen molar-refractivity contribution in [1.82, 2.24) is 4.98 Å². The smallest absolute Gasteiger partial charge is 0.270 e. The molecule has 1 aromatic heterocycles. The number of carbonyl (C=O) groups is 1. The van der Waals surface area contributed by atoms with Gasteiger partial charge in [-0.25, -0.2) is 4.98 Å². The molecule has 1 amide bonds. The number of hydrogen-bond donors (Lipinski definition) is 2. The van der Waals surface area contributed by atoms with Crippen LogP contribution in [0.25, 0.3) is 11.5 Å². The molecule has 0 atom stereocenters. The zero-order valence-electron chi connectivity index (χ0n) is 15.7. The van der Waals surface area contributed by atoms with Crippen LogP contribution in [0.3, 0.4) is 0 Å². The van der Waals surface area contributed by atoms with Crippen LogP contribution in [0.5, 0.6) is 5.75 Å². The summed E-state index contributed by atoms with van der Waals surface area (Å²) in [6.07, 6.45) is 0.410. The van der Waals surface area contributed by atoms with E-state index in [1.807, 2.05) is 60.7 Å². The molecule has 4 aromatic rings. The average Bonchev–Trinajstić information content (AvgIpc) is 3.18. The number of nitrogens with zero attached hydrogens (tertiary/aromatic N) is 1. The Kier molecular flexibility index (Phi) is 5.12. The third-order valence-electron chi connectivity index (χ3n) is 4.86. The Morgan fingerprint density at radius 1 is 0.897 bits per heavy atom. The fourth-order valence-electron chi connectivity index (χ4n) is 3.44. The molecule has 3 N–H and O–H groups in total. The van der Waals surface area contributed by atoms with Crippen molar-refractivity contribution in [3.8, 4) is 17.2 Å². The van der Waals surface area contributed by atoms with Gasteiger partial charge in [0, 0.05) is 12.3 Å². The molecule has 5 heteroatoms. The van der Waals surface area contributed by atoms with E-state index in [-0.39, 0.29) is 23.3 Å². The van der Waals surface area contributed by atoms with Gasteiger partial charge in [-0.3, -0.25) is 4.79 Å². The summed E-state index contributed by atoms with van der Waals surface area (Å²) in [6, 6.07) is 26.7. The highest BCUT2D eigenvalue weighted by atomic mass is 16.4. The summed E-state index contributed by atoms with van der Waals surface area (Å²) in [4.78, 5) is 16.3. The van der Waals surface area contributed by atoms with Gasteiger partial charge in [0.05, 0.1) is 5.56 Å². The topological polar surface area (TPSA) is 89.4 Å². The zero-order valence-corrected chi connectivity index (χ0v) is 15.7. The molecule has 0 bridgehead atoms. The molecule has 144 valence electrons. The van der Waals surface area contributed by atoms with Crippen molar-refractivity contribution in [3.05, 3.63) is 108 Å². The van der Waals surface area contributed by atoms with E-state index in [0.29, 0.717) is 17.7 Å². The van der Waals surface area contributed by atoms with Crippen LogP contribution in [0, 0.1) is 0 Å².